The fourth-order valence-corrected chi connectivity index (χ4v) is 3.29. The number of rotatable bonds is 1. The van der Waals surface area contributed by atoms with Crippen LogP contribution in [0, 0.1) is 12.3 Å². The summed E-state index contributed by atoms with van der Waals surface area (Å²) in [4.78, 5) is 14.4. The molecule has 3 nitrogen and oxygen atoms in total. The van der Waals surface area contributed by atoms with E-state index in [0.717, 1.165) is 44.6 Å². The van der Waals surface area contributed by atoms with Gasteiger partial charge >= 0.3 is 0 Å². The number of likely N-dealkylation sites (tertiary alicyclic amines) is 1. The summed E-state index contributed by atoms with van der Waals surface area (Å²) in [5.74, 6) is 0.195. The molecule has 0 radical (unpaired) electrons. The third-order valence-corrected chi connectivity index (χ3v) is 4.74. The molecule has 2 fully saturated rings. The molecule has 2 aliphatic rings. The molecular formula is C16H22N2O. The van der Waals surface area contributed by atoms with E-state index in [1.807, 2.05) is 36.1 Å². The highest BCUT2D eigenvalue weighted by Gasteiger charge is 2.38. The van der Waals surface area contributed by atoms with Gasteiger partial charge in [-0.15, -0.1) is 0 Å². The van der Waals surface area contributed by atoms with Gasteiger partial charge in [0.05, 0.1) is 0 Å². The summed E-state index contributed by atoms with van der Waals surface area (Å²) in [6.45, 7) is 6.15. The first-order valence-corrected chi connectivity index (χ1v) is 7.25. The van der Waals surface area contributed by atoms with Gasteiger partial charge in [-0.05, 0) is 50.3 Å². The van der Waals surface area contributed by atoms with Crippen LogP contribution in [0.5, 0.6) is 0 Å². The summed E-state index contributed by atoms with van der Waals surface area (Å²) in [6.07, 6.45) is 3.58. The number of piperidine rings is 1. The Bertz CT molecular complexity index is 450. The molecule has 1 N–H and O–H groups in total. The molecule has 0 aromatic heterocycles. The Morgan fingerprint density at radius 2 is 1.84 bits per heavy atom. The van der Waals surface area contributed by atoms with Crippen molar-refractivity contribution in [2.45, 2.75) is 26.2 Å². The molecule has 0 unspecified atom stereocenters. The van der Waals surface area contributed by atoms with Gasteiger partial charge in [-0.2, -0.15) is 0 Å². The van der Waals surface area contributed by atoms with Crippen LogP contribution in [0.4, 0.5) is 0 Å². The van der Waals surface area contributed by atoms with Gasteiger partial charge in [0.1, 0.15) is 0 Å². The van der Waals surface area contributed by atoms with Gasteiger partial charge < -0.3 is 10.2 Å². The average Bonchev–Trinajstić information content (AvgIpc) is 2.88. The first kappa shape index (κ1) is 12.7. The molecule has 0 aliphatic carbocycles. The van der Waals surface area contributed by atoms with Crippen molar-refractivity contribution in [2.75, 3.05) is 26.2 Å². The van der Waals surface area contributed by atoms with Crippen molar-refractivity contribution < 1.29 is 4.79 Å². The summed E-state index contributed by atoms with van der Waals surface area (Å²) in [6, 6.07) is 7.91. The molecule has 0 atom stereocenters. The Balaban J connectivity index is 1.64. The number of benzene rings is 1. The predicted octanol–water partition coefficient (Wildman–Crippen LogP) is 2.21. The van der Waals surface area contributed by atoms with Gasteiger partial charge in [0.15, 0.2) is 0 Å². The third kappa shape index (κ3) is 2.52. The van der Waals surface area contributed by atoms with Crippen molar-refractivity contribution >= 4 is 5.91 Å². The summed E-state index contributed by atoms with van der Waals surface area (Å²) in [7, 11) is 0. The van der Waals surface area contributed by atoms with E-state index in [1.54, 1.807) is 0 Å². The topological polar surface area (TPSA) is 32.3 Å². The number of hydrogen-bond acceptors (Lipinski definition) is 2. The monoisotopic (exact) mass is 258 g/mol. The zero-order valence-electron chi connectivity index (χ0n) is 11.6. The average molecular weight is 258 g/mol. The predicted molar refractivity (Wildman–Crippen MR) is 76.2 cm³/mol. The molecule has 0 saturated carbocycles. The van der Waals surface area contributed by atoms with Crippen molar-refractivity contribution in [1.82, 2.24) is 10.2 Å². The van der Waals surface area contributed by atoms with Crippen molar-refractivity contribution in [3.63, 3.8) is 0 Å². The van der Waals surface area contributed by atoms with Crippen LogP contribution in [0.1, 0.15) is 35.2 Å². The van der Waals surface area contributed by atoms with E-state index in [2.05, 4.69) is 5.32 Å². The Labute approximate surface area is 115 Å². The molecule has 2 aliphatic heterocycles. The summed E-state index contributed by atoms with van der Waals surface area (Å²) in [5, 5.41) is 3.46. The highest BCUT2D eigenvalue weighted by atomic mass is 16.2. The van der Waals surface area contributed by atoms with E-state index < -0.39 is 0 Å². The van der Waals surface area contributed by atoms with Crippen LogP contribution in [0.15, 0.2) is 24.3 Å². The van der Waals surface area contributed by atoms with Crippen molar-refractivity contribution in [3.05, 3.63) is 35.4 Å². The van der Waals surface area contributed by atoms with E-state index >= 15 is 0 Å². The lowest BCUT2D eigenvalue weighted by molar-refractivity contribution is 0.0607. The Hall–Kier alpha value is -1.35. The first-order valence-electron chi connectivity index (χ1n) is 7.25. The van der Waals surface area contributed by atoms with Crippen LogP contribution >= 0.6 is 0 Å². The van der Waals surface area contributed by atoms with Crippen LogP contribution in [0.25, 0.3) is 0 Å². The van der Waals surface area contributed by atoms with Crippen LogP contribution in [0.2, 0.25) is 0 Å². The Morgan fingerprint density at radius 3 is 2.42 bits per heavy atom. The van der Waals surface area contributed by atoms with E-state index in [-0.39, 0.29) is 5.91 Å². The van der Waals surface area contributed by atoms with E-state index in [0.29, 0.717) is 5.41 Å². The third-order valence-electron chi connectivity index (χ3n) is 4.74. The fraction of sp³-hybridized carbons (Fsp3) is 0.562. The fourth-order valence-electron chi connectivity index (χ4n) is 3.29. The number of carbonyl (C=O) groups is 1. The minimum absolute atomic E-state index is 0.195. The Morgan fingerprint density at radius 1 is 1.16 bits per heavy atom. The van der Waals surface area contributed by atoms with Crippen molar-refractivity contribution in [1.29, 1.82) is 0 Å². The molecule has 0 bridgehead atoms. The van der Waals surface area contributed by atoms with Gasteiger partial charge in [0.25, 0.3) is 5.91 Å². The molecule has 1 aromatic carbocycles. The maximum absolute atomic E-state index is 12.4. The number of amides is 1. The highest BCUT2D eigenvalue weighted by Crippen LogP contribution is 2.37. The largest absolute Gasteiger partial charge is 0.339 e. The lowest BCUT2D eigenvalue weighted by atomic mass is 9.78. The maximum atomic E-state index is 12.4. The second-order valence-corrected chi connectivity index (χ2v) is 6.09. The SMILES string of the molecule is Cc1ccc(C(=O)N2CCC3(CCNC3)CC2)cc1. The lowest BCUT2D eigenvalue weighted by Crippen LogP contribution is -2.44. The van der Waals surface area contributed by atoms with Gasteiger partial charge in [-0.3, -0.25) is 4.79 Å². The summed E-state index contributed by atoms with van der Waals surface area (Å²) in [5.41, 5.74) is 2.50. The molecule has 19 heavy (non-hydrogen) atoms. The first-order chi connectivity index (χ1) is 9.19. The molecule has 2 saturated heterocycles. The normalized spacial score (nSPS) is 21.8. The minimum Gasteiger partial charge on any atom is -0.339 e. The number of hydrogen-bond donors (Lipinski definition) is 1. The molecular weight excluding hydrogens is 236 g/mol. The molecule has 1 spiro atoms. The van der Waals surface area contributed by atoms with Crippen molar-refractivity contribution in [2.24, 2.45) is 5.41 Å². The number of aryl methyl sites for hydroxylation is 1. The summed E-state index contributed by atoms with van der Waals surface area (Å²) >= 11 is 0. The lowest BCUT2D eigenvalue weighted by Gasteiger charge is -2.38. The quantitative estimate of drug-likeness (QED) is 0.837. The van der Waals surface area contributed by atoms with Gasteiger partial charge in [-0.25, -0.2) is 0 Å². The van der Waals surface area contributed by atoms with Crippen LogP contribution in [-0.2, 0) is 0 Å². The second kappa shape index (κ2) is 4.97. The zero-order valence-corrected chi connectivity index (χ0v) is 11.6. The molecule has 3 rings (SSSR count). The molecule has 102 valence electrons. The molecule has 1 amide bonds. The van der Waals surface area contributed by atoms with Crippen molar-refractivity contribution in [3.8, 4) is 0 Å². The van der Waals surface area contributed by atoms with E-state index in [9.17, 15) is 4.79 Å². The Kier molecular flexibility index (Phi) is 3.31. The van der Waals surface area contributed by atoms with Crippen LogP contribution in [0.3, 0.4) is 0 Å². The van der Waals surface area contributed by atoms with Crippen LogP contribution < -0.4 is 5.32 Å². The number of nitrogens with zero attached hydrogens (tertiary/aromatic N) is 1. The summed E-state index contributed by atoms with van der Waals surface area (Å²) < 4.78 is 0. The molecule has 2 heterocycles. The van der Waals surface area contributed by atoms with Gasteiger partial charge in [-0.1, -0.05) is 17.7 Å². The number of nitrogens with one attached hydrogen (secondary N) is 1. The maximum Gasteiger partial charge on any atom is 0.253 e. The van der Waals surface area contributed by atoms with E-state index in [4.69, 9.17) is 0 Å². The highest BCUT2D eigenvalue weighted by molar-refractivity contribution is 5.94. The zero-order chi connectivity index (χ0) is 13.3. The van der Waals surface area contributed by atoms with E-state index in [1.165, 1.54) is 12.0 Å². The standard InChI is InChI=1S/C16H22N2O/c1-13-2-4-14(5-3-13)15(19)18-10-7-16(8-11-18)6-9-17-12-16/h2-5,17H,6-12H2,1H3. The van der Waals surface area contributed by atoms with Gasteiger partial charge in [0.2, 0.25) is 0 Å². The smallest absolute Gasteiger partial charge is 0.253 e. The van der Waals surface area contributed by atoms with Crippen LogP contribution in [-0.4, -0.2) is 37.0 Å². The van der Waals surface area contributed by atoms with Gasteiger partial charge in [0, 0.05) is 25.2 Å². The number of carbonyl (C=O) groups excluding carboxylic acids is 1. The second-order valence-electron chi connectivity index (χ2n) is 6.09. The minimum atomic E-state index is 0.195. The molecule has 3 heteroatoms. The molecule has 1 aromatic rings.